The normalized spacial score (nSPS) is 17.8. The first-order chi connectivity index (χ1) is 15.0. The smallest absolute Gasteiger partial charge is 0.348 e. The molecule has 2 atom stereocenters. The maximum atomic E-state index is 13.0. The molecule has 1 N–H and O–H groups in total. The van der Waals surface area contributed by atoms with Crippen LogP contribution in [0.15, 0.2) is 12.1 Å². The summed E-state index contributed by atoms with van der Waals surface area (Å²) in [5, 5.41) is 2.64. The lowest BCUT2D eigenvalue weighted by Crippen LogP contribution is -2.53. The van der Waals surface area contributed by atoms with E-state index in [4.69, 9.17) is 9.47 Å². The molecule has 1 aromatic heterocycles. The van der Waals surface area contributed by atoms with Crippen LogP contribution in [0.25, 0.3) is 0 Å². The van der Waals surface area contributed by atoms with Crippen LogP contribution in [-0.2, 0) is 35.1 Å². The van der Waals surface area contributed by atoms with Crippen LogP contribution in [0.2, 0.25) is 0 Å². The number of ether oxygens (including phenoxy) is 3. The summed E-state index contributed by atoms with van der Waals surface area (Å²) < 4.78 is 14.7. The topological polar surface area (TPSA) is 111 Å². The minimum atomic E-state index is -1.11. The van der Waals surface area contributed by atoms with E-state index in [1.807, 2.05) is 31.7 Å². The number of carbonyl (C=O) groups excluding carboxylic acids is 4. The number of nitrogens with zero attached hydrogens (tertiary/aromatic N) is 1. The molecule has 10 heteroatoms. The highest BCUT2D eigenvalue weighted by Crippen LogP contribution is 2.25. The van der Waals surface area contributed by atoms with E-state index in [1.165, 1.54) is 25.6 Å². The van der Waals surface area contributed by atoms with E-state index in [-0.39, 0.29) is 18.3 Å². The average molecular weight is 469 g/mol. The van der Waals surface area contributed by atoms with Crippen LogP contribution in [-0.4, -0.2) is 67.2 Å². The number of thiophene rings is 1. The van der Waals surface area contributed by atoms with Crippen molar-refractivity contribution in [1.82, 2.24) is 10.2 Å². The van der Waals surface area contributed by atoms with Gasteiger partial charge in [0.05, 0.1) is 26.7 Å². The van der Waals surface area contributed by atoms with Crippen molar-refractivity contribution < 1.29 is 33.4 Å². The van der Waals surface area contributed by atoms with E-state index in [2.05, 4.69) is 10.1 Å². The minimum absolute atomic E-state index is 0.300. The van der Waals surface area contributed by atoms with Crippen LogP contribution >= 0.6 is 11.3 Å². The summed E-state index contributed by atoms with van der Waals surface area (Å²) in [6, 6.07) is 2.03. The number of hydrogen-bond acceptors (Lipinski definition) is 9. The molecule has 0 spiro atoms. The van der Waals surface area contributed by atoms with Gasteiger partial charge in [-0.1, -0.05) is 6.42 Å². The molecule has 2 rings (SSSR count). The van der Waals surface area contributed by atoms with Gasteiger partial charge in [0.25, 0.3) is 0 Å². The number of nitrogens with one attached hydrogen (secondary N) is 1. The van der Waals surface area contributed by atoms with Crippen molar-refractivity contribution in [3.8, 4) is 0 Å². The van der Waals surface area contributed by atoms with Crippen LogP contribution in [0.1, 0.15) is 61.0 Å². The largest absolute Gasteiger partial charge is 0.469 e. The lowest BCUT2D eigenvalue weighted by atomic mass is 10.0. The highest BCUT2D eigenvalue weighted by Gasteiger charge is 2.33. The van der Waals surface area contributed by atoms with E-state index in [9.17, 15) is 19.2 Å². The van der Waals surface area contributed by atoms with E-state index >= 15 is 0 Å². The first-order valence-electron chi connectivity index (χ1n) is 10.5. The quantitative estimate of drug-likeness (QED) is 0.457. The maximum absolute atomic E-state index is 13.0. The van der Waals surface area contributed by atoms with Crippen LogP contribution in [0, 0.1) is 0 Å². The zero-order valence-electron chi connectivity index (χ0n) is 19.3. The standard InChI is InChI=1S/C22H32N2O7S/c1-22(2,3)31-21(28)17-10-9-14(32-17)13-24-11-7-6-8-16(24)19(26)23-15(20(27)30-5)12-18(25)29-4/h9-10,15-16H,6-8,11-13H2,1-5H3,(H,23,26)/t15-,16?/m0/s1. The molecule has 0 saturated carbocycles. The Labute approximate surface area is 192 Å². The highest BCUT2D eigenvalue weighted by molar-refractivity contribution is 7.13. The molecule has 1 amide bonds. The molecule has 9 nitrogen and oxygen atoms in total. The summed E-state index contributed by atoms with van der Waals surface area (Å²) in [6.45, 7) is 6.65. The van der Waals surface area contributed by atoms with Gasteiger partial charge in [-0.25, -0.2) is 9.59 Å². The summed E-state index contributed by atoms with van der Waals surface area (Å²) in [5.41, 5.74) is -0.572. The SMILES string of the molecule is COC(=O)C[C@H](NC(=O)C1CCCCN1Cc1ccc(C(=O)OC(C)(C)C)s1)C(=O)OC. The van der Waals surface area contributed by atoms with E-state index < -0.39 is 29.6 Å². The number of rotatable bonds is 8. The molecule has 178 valence electrons. The van der Waals surface area contributed by atoms with Gasteiger partial charge in [-0.15, -0.1) is 11.3 Å². The van der Waals surface area contributed by atoms with Gasteiger partial charge in [-0.05, 0) is 52.3 Å². The molecule has 1 aromatic rings. The molecular formula is C22H32N2O7S. The van der Waals surface area contributed by atoms with Crippen molar-refractivity contribution in [2.75, 3.05) is 20.8 Å². The molecule has 1 aliphatic rings. The third kappa shape index (κ3) is 7.59. The fourth-order valence-electron chi connectivity index (χ4n) is 3.43. The van der Waals surface area contributed by atoms with Gasteiger partial charge in [-0.3, -0.25) is 14.5 Å². The van der Waals surface area contributed by atoms with Gasteiger partial charge >= 0.3 is 17.9 Å². The molecule has 1 unspecified atom stereocenters. The second-order valence-corrected chi connectivity index (χ2v) is 9.78. The van der Waals surface area contributed by atoms with E-state index in [1.54, 1.807) is 6.07 Å². The number of methoxy groups -OCH3 is 2. The molecule has 0 radical (unpaired) electrons. The summed E-state index contributed by atoms with van der Waals surface area (Å²) in [6.07, 6.45) is 2.15. The lowest BCUT2D eigenvalue weighted by molar-refractivity contribution is -0.151. The predicted octanol–water partition coefficient (Wildman–Crippen LogP) is 2.28. The third-order valence-corrected chi connectivity index (χ3v) is 5.99. The molecule has 0 aliphatic carbocycles. The zero-order valence-corrected chi connectivity index (χ0v) is 20.1. The fourth-order valence-corrected chi connectivity index (χ4v) is 4.34. The number of esters is 3. The van der Waals surface area contributed by atoms with E-state index in [0.717, 1.165) is 17.7 Å². The number of amides is 1. The molecular weight excluding hydrogens is 436 g/mol. The summed E-state index contributed by atoms with van der Waals surface area (Å²) in [4.78, 5) is 52.4. The molecule has 1 saturated heterocycles. The van der Waals surface area contributed by atoms with Crippen molar-refractivity contribution in [3.63, 3.8) is 0 Å². The summed E-state index contributed by atoms with van der Waals surface area (Å²) in [7, 11) is 2.42. The minimum Gasteiger partial charge on any atom is -0.469 e. The van der Waals surface area contributed by atoms with Gasteiger partial charge in [0, 0.05) is 11.4 Å². The van der Waals surface area contributed by atoms with Crippen molar-refractivity contribution in [3.05, 3.63) is 21.9 Å². The van der Waals surface area contributed by atoms with Gasteiger partial charge in [0.2, 0.25) is 5.91 Å². The van der Waals surface area contributed by atoms with Gasteiger partial charge in [-0.2, -0.15) is 0 Å². The number of hydrogen-bond donors (Lipinski definition) is 1. The van der Waals surface area contributed by atoms with Gasteiger partial charge < -0.3 is 19.5 Å². The maximum Gasteiger partial charge on any atom is 0.348 e. The van der Waals surface area contributed by atoms with Crippen molar-refractivity contribution in [2.45, 2.75) is 70.7 Å². The average Bonchev–Trinajstić information content (AvgIpc) is 3.20. The van der Waals surface area contributed by atoms with Crippen LogP contribution in [0.4, 0.5) is 0 Å². The summed E-state index contributed by atoms with van der Waals surface area (Å²) >= 11 is 1.34. The molecule has 0 bridgehead atoms. The number of carbonyl (C=O) groups is 4. The Hall–Kier alpha value is -2.46. The van der Waals surface area contributed by atoms with E-state index in [0.29, 0.717) is 24.4 Å². The van der Waals surface area contributed by atoms with Crippen LogP contribution < -0.4 is 5.32 Å². The van der Waals surface area contributed by atoms with Crippen molar-refractivity contribution in [2.24, 2.45) is 0 Å². The van der Waals surface area contributed by atoms with Crippen molar-refractivity contribution >= 4 is 35.2 Å². The second kappa shape index (κ2) is 11.4. The monoisotopic (exact) mass is 468 g/mol. The summed E-state index contributed by atoms with van der Waals surface area (Å²) in [5.74, 6) is -2.03. The molecule has 0 aromatic carbocycles. The number of piperidine rings is 1. The van der Waals surface area contributed by atoms with Crippen LogP contribution in [0.5, 0.6) is 0 Å². The highest BCUT2D eigenvalue weighted by atomic mass is 32.1. The third-order valence-electron chi connectivity index (χ3n) is 4.94. The Morgan fingerprint density at radius 2 is 1.88 bits per heavy atom. The molecule has 1 fully saturated rings. The number of likely N-dealkylation sites (tertiary alicyclic amines) is 1. The van der Waals surface area contributed by atoms with Crippen molar-refractivity contribution in [1.29, 1.82) is 0 Å². The predicted molar refractivity (Wildman–Crippen MR) is 118 cm³/mol. The Kier molecular flexibility index (Phi) is 9.21. The van der Waals surface area contributed by atoms with Gasteiger partial charge in [0.15, 0.2) is 0 Å². The molecule has 1 aliphatic heterocycles. The lowest BCUT2D eigenvalue weighted by Gasteiger charge is -2.35. The Morgan fingerprint density at radius 1 is 1.16 bits per heavy atom. The Morgan fingerprint density at radius 3 is 2.50 bits per heavy atom. The first kappa shape index (κ1) is 25.8. The fraction of sp³-hybridized carbons (Fsp3) is 0.636. The Bertz CT molecular complexity index is 830. The Balaban J connectivity index is 2.07. The van der Waals surface area contributed by atoms with Crippen LogP contribution in [0.3, 0.4) is 0 Å². The zero-order chi connectivity index (χ0) is 23.9. The second-order valence-electron chi connectivity index (χ2n) is 8.61. The van der Waals surface area contributed by atoms with Gasteiger partial charge in [0.1, 0.15) is 16.5 Å². The molecule has 2 heterocycles. The first-order valence-corrected chi connectivity index (χ1v) is 11.4. The molecule has 32 heavy (non-hydrogen) atoms.